The molecule has 2 aromatic heterocycles. The van der Waals surface area contributed by atoms with Crippen molar-refractivity contribution < 1.29 is 0 Å². The Morgan fingerprint density at radius 2 is 2.35 bits per heavy atom. The molecule has 0 saturated heterocycles. The summed E-state index contributed by atoms with van der Waals surface area (Å²) in [4.78, 5) is 11.9. The Labute approximate surface area is 124 Å². The molecule has 1 N–H and O–H groups in total. The van der Waals surface area contributed by atoms with Crippen LogP contribution in [0.15, 0.2) is 21.8 Å². The standard InChI is InChI=1S/C12H13BrN6O/c1-3-5-19-12(20)11(13)9(6-16-19)14-7-10-17-15-8-18(10)4-2/h1,6,8,14H,4-5,7H2,2H3. The van der Waals surface area contributed by atoms with Gasteiger partial charge < -0.3 is 9.88 Å². The van der Waals surface area contributed by atoms with Crippen LogP contribution in [0.25, 0.3) is 0 Å². The summed E-state index contributed by atoms with van der Waals surface area (Å²) in [5, 5.41) is 14.9. The molecule has 2 rings (SSSR count). The highest BCUT2D eigenvalue weighted by atomic mass is 79.9. The second-order valence-corrected chi connectivity index (χ2v) is 4.72. The number of aryl methyl sites for hydroxylation is 1. The minimum atomic E-state index is -0.273. The van der Waals surface area contributed by atoms with E-state index < -0.39 is 0 Å². The van der Waals surface area contributed by atoms with Crippen molar-refractivity contribution in [1.82, 2.24) is 24.5 Å². The van der Waals surface area contributed by atoms with Crippen molar-refractivity contribution in [3.63, 3.8) is 0 Å². The molecule has 0 atom stereocenters. The van der Waals surface area contributed by atoms with Gasteiger partial charge in [0.25, 0.3) is 5.56 Å². The number of nitrogens with one attached hydrogen (secondary N) is 1. The van der Waals surface area contributed by atoms with Crippen molar-refractivity contribution in [2.24, 2.45) is 0 Å². The van der Waals surface area contributed by atoms with Gasteiger partial charge in [-0.25, -0.2) is 4.68 Å². The van der Waals surface area contributed by atoms with Gasteiger partial charge in [-0.3, -0.25) is 4.79 Å². The van der Waals surface area contributed by atoms with Crippen LogP contribution in [0, 0.1) is 12.3 Å². The maximum Gasteiger partial charge on any atom is 0.284 e. The van der Waals surface area contributed by atoms with E-state index in [0.717, 1.165) is 12.4 Å². The van der Waals surface area contributed by atoms with Crippen LogP contribution in [0.1, 0.15) is 12.7 Å². The van der Waals surface area contributed by atoms with Crippen LogP contribution in [0.2, 0.25) is 0 Å². The fraction of sp³-hybridized carbons (Fsp3) is 0.333. The zero-order valence-electron chi connectivity index (χ0n) is 10.9. The van der Waals surface area contributed by atoms with E-state index in [-0.39, 0.29) is 12.1 Å². The SMILES string of the molecule is C#CCn1ncc(NCc2nncn2CC)c(Br)c1=O. The quantitative estimate of drug-likeness (QED) is 0.819. The maximum absolute atomic E-state index is 11.9. The molecule has 0 bridgehead atoms. The average molecular weight is 337 g/mol. The molecule has 104 valence electrons. The van der Waals surface area contributed by atoms with Crippen LogP contribution in [-0.4, -0.2) is 24.5 Å². The summed E-state index contributed by atoms with van der Waals surface area (Å²) in [6.45, 7) is 3.38. The zero-order valence-corrected chi connectivity index (χ0v) is 12.5. The van der Waals surface area contributed by atoms with Gasteiger partial charge in [-0.1, -0.05) is 5.92 Å². The van der Waals surface area contributed by atoms with Gasteiger partial charge in [0.2, 0.25) is 0 Å². The molecule has 20 heavy (non-hydrogen) atoms. The van der Waals surface area contributed by atoms with E-state index in [9.17, 15) is 4.79 Å². The van der Waals surface area contributed by atoms with Gasteiger partial charge in [0.1, 0.15) is 17.3 Å². The second kappa shape index (κ2) is 6.34. The third-order valence-electron chi connectivity index (χ3n) is 2.70. The zero-order chi connectivity index (χ0) is 14.5. The number of halogens is 1. The Hall–Kier alpha value is -2.14. The summed E-state index contributed by atoms with van der Waals surface area (Å²) in [5.74, 6) is 3.16. The molecular weight excluding hydrogens is 324 g/mol. The predicted octanol–water partition coefficient (Wildman–Crippen LogP) is 0.862. The van der Waals surface area contributed by atoms with Gasteiger partial charge in [-0.05, 0) is 22.9 Å². The van der Waals surface area contributed by atoms with E-state index in [1.165, 1.54) is 4.68 Å². The van der Waals surface area contributed by atoms with E-state index in [4.69, 9.17) is 6.42 Å². The number of rotatable bonds is 5. The molecule has 0 aromatic carbocycles. The largest absolute Gasteiger partial charge is 0.375 e. The molecular formula is C12H13BrN6O. The summed E-state index contributed by atoms with van der Waals surface area (Å²) in [6.07, 6.45) is 8.39. The summed E-state index contributed by atoms with van der Waals surface area (Å²) >= 11 is 3.25. The fourth-order valence-corrected chi connectivity index (χ4v) is 2.09. The van der Waals surface area contributed by atoms with Crippen molar-refractivity contribution in [1.29, 1.82) is 0 Å². The number of anilines is 1. The van der Waals surface area contributed by atoms with Crippen LogP contribution in [0.3, 0.4) is 0 Å². The topological polar surface area (TPSA) is 77.6 Å². The second-order valence-electron chi connectivity index (χ2n) is 3.93. The van der Waals surface area contributed by atoms with Gasteiger partial charge in [0.05, 0.1) is 18.4 Å². The first-order chi connectivity index (χ1) is 9.67. The number of nitrogens with zero attached hydrogens (tertiary/aromatic N) is 5. The Morgan fingerprint density at radius 3 is 3.05 bits per heavy atom. The summed E-state index contributed by atoms with van der Waals surface area (Å²) in [5.41, 5.74) is 0.318. The van der Waals surface area contributed by atoms with Gasteiger partial charge in [0, 0.05) is 6.54 Å². The van der Waals surface area contributed by atoms with Gasteiger partial charge >= 0.3 is 0 Å². The Morgan fingerprint density at radius 1 is 1.55 bits per heavy atom. The van der Waals surface area contributed by atoms with Gasteiger partial charge in [-0.15, -0.1) is 16.6 Å². The molecule has 0 aliphatic carbocycles. The van der Waals surface area contributed by atoms with Crippen LogP contribution < -0.4 is 10.9 Å². The monoisotopic (exact) mass is 336 g/mol. The van der Waals surface area contributed by atoms with E-state index in [2.05, 4.69) is 42.5 Å². The third-order valence-corrected chi connectivity index (χ3v) is 3.47. The molecule has 0 amide bonds. The first-order valence-electron chi connectivity index (χ1n) is 5.97. The highest BCUT2D eigenvalue weighted by molar-refractivity contribution is 9.10. The lowest BCUT2D eigenvalue weighted by Crippen LogP contribution is -2.24. The lowest BCUT2D eigenvalue weighted by molar-refractivity contribution is 0.658. The molecule has 0 aliphatic heterocycles. The normalized spacial score (nSPS) is 10.2. The molecule has 0 unspecified atom stereocenters. The first kappa shape index (κ1) is 14.3. The van der Waals surface area contributed by atoms with Crippen LogP contribution in [0.5, 0.6) is 0 Å². The summed E-state index contributed by atoms with van der Waals surface area (Å²) < 4.78 is 3.52. The highest BCUT2D eigenvalue weighted by Crippen LogP contribution is 2.16. The van der Waals surface area contributed by atoms with Crippen molar-refractivity contribution in [2.45, 2.75) is 26.6 Å². The molecule has 0 radical (unpaired) electrons. The van der Waals surface area contributed by atoms with Crippen LogP contribution >= 0.6 is 15.9 Å². The van der Waals surface area contributed by atoms with Gasteiger partial charge in [-0.2, -0.15) is 5.10 Å². The van der Waals surface area contributed by atoms with Gasteiger partial charge in [0.15, 0.2) is 5.82 Å². The van der Waals surface area contributed by atoms with Crippen molar-refractivity contribution in [3.8, 4) is 12.3 Å². The van der Waals surface area contributed by atoms with Crippen molar-refractivity contribution >= 4 is 21.6 Å². The maximum atomic E-state index is 11.9. The number of hydrogen-bond acceptors (Lipinski definition) is 5. The number of aromatic nitrogens is 5. The lowest BCUT2D eigenvalue weighted by atomic mass is 10.4. The van der Waals surface area contributed by atoms with Crippen molar-refractivity contribution in [2.75, 3.05) is 5.32 Å². The average Bonchev–Trinajstić information content (AvgIpc) is 2.91. The highest BCUT2D eigenvalue weighted by Gasteiger charge is 2.09. The van der Waals surface area contributed by atoms with E-state index >= 15 is 0 Å². The fourth-order valence-electron chi connectivity index (χ4n) is 1.64. The summed E-state index contributed by atoms with van der Waals surface area (Å²) in [7, 11) is 0. The summed E-state index contributed by atoms with van der Waals surface area (Å²) in [6, 6.07) is 0. The first-order valence-corrected chi connectivity index (χ1v) is 6.76. The van der Waals surface area contributed by atoms with Crippen molar-refractivity contribution in [3.05, 3.63) is 33.2 Å². The molecule has 0 aliphatic rings. The Balaban J connectivity index is 2.17. The molecule has 2 heterocycles. The number of hydrogen-bond donors (Lipinski definition) is 1. The minimum Gasteiger partial charge on any atom is -0.375 e. The smallest absolute Gasteiger partial charge is 0.284 e. The Kier molecular flexibility index (Phi) is 4.53. The lowest BCUT2D eigenvalue weighted by Gasteiger charge is -2.09. The molecule has 7 nitrogen and oxygen atoms in total. The molecule has 0 fully saturated rings. The molecule has 0 spiro atoms. The molecule has 8 heteroatoms. The number of terminal acetylenes is 1. The van der Waals surface area contributed by atoms with E-state index in [1.54, 1.807) is 12.5 Å². The van der Waals surface area contributed by atoms with E-state index in [0.29, 0.717) is 16.7 Å². The Bertz CT molecular complexity index is 699. The predicted molar refractivity (Wildman–Crippen MR) is 78.1 cm³/mol. The molecule has 2 aromatic rings. The van der Waals surface area contributed by atoms with Crippen LogP contribution in [0.4, 0.5) is 5.69 Å². The minimum absolute atomic E-state index is 0.141. The van der Waals surface area contributed by atoms with E-state index in [1.807, 2.05) is 11.5 Å². The molecule has 0 saturated carbocycles. The third kappa shape index (κ3) is 2.88. The van der Waals surface area contributed by atoms with Crippen LogP contribution in [-0.2, 0) is 19.6 Å².